The van der Waals surface area contributed by atoms with Crippen LogP contribution in [0.5, 0.6) is 0 Å². The molecule has 1 saturated heterocycles. The lowest BCUT2D eigenvalue weighted by atomic mass is 9.60. The van der Waals surface area contributed by atoms with E-state index in [9.17, 15) is 4.79 Å². The number of hydrogen-bond donors (Lipinski definition) is 2. The molecule has 2 rings (SSSR count). The summed E-state index contributed by atoms with van der Waals surface area (Å²) < 4.78 is 0. The van der Waals surface area contributed by atoms with E-state index >= 15 is 0 Å². The summed E-state index contributed by atoms with van der Waals surface area (Å²) in [5, 5.41) is 9.03. The van der Waals surface area contributed by atoms with Crippen molar-refractivity contribution in [3.8, 4) is 0 Å². The highest BCUT2D eigenvalue weighted by atomic mass is 16.3. The van der Waals surface area contributed by atoms with E-state index in [0.29, 0.717) is 17.9 Å². The van der Waals surface area contributed by atoms with Gasteiger partial charge in [0.1, 0.15) is 0 Å². The van der Waals surface area contributed by atoms with Gasteiger partial charge in [0.25, 0.3) is 0 Å². The van der Waals surface area contributed by atoms with Crippen molar-refractivity contribution >= 4 is 5.91 Å². The van der Waals surface area contributed by atoms with Crippen LogP contribution in [0.15, 0.2) is 0 Å². The van der Waals surface area contributed by atoms with Gasteiger partial charge in [0.2, 0.25) is 5.91 Å². The van der Waals surface area contributed by atoms with Crippen LogP contribution < -0.4 is 5.73 Å². The van der Waals surface area contributed by atoms with Gasteiger partial charge in [0, 0.05) is 31.2 Å². The highest BCUT2D eigenvalue weighted by Gasteiger charge is 2.47. The van der Waals surface area contributed by atoms with Gasteiger partial charge in [-0.25, -0.2) is 0 Å². The Morgan fingerprint density at radius 2 is 2.05 bits per heavy atom. The van der Waals surface area contributed by atoms with Crippen LogP contribution >= 0.6 is 0 Å². The Hall–Kier alpha value is -0.610. The van der Waals surface area contributed by atoms with Crippen LogP contribution in [0.4, 0.5) is 0 Å². The number of likely N-dealkylation sites (tertiary alicyclic amines) is 1. The molecule has 4 unspecified atom stereocenters. The first-order chi connectivity index (χ1) is 9.89. The molecule has 21 heavy (non-hydrogen) atoms. The molecule has 1 aliphatic carbocycles. The van der Waals surface area contributed by atoms with E-state index < -0.39 is 0 Å². The van der Waals surface area contributed by atoms with Gasteiger partial charge in [0.15, 0.2) is 0 Å². The molecule has 1 heterocycles. The van der Waals surface area contributed by atoms with E-state index in [1.165, 1.54) is 0 Å². The molecule has 2 aliphatic rings. The average Bonchev–Trinajstić information content (AvgIpc) is 2.90. The Morgan fingerprint density at radius 3 is 2.71 bits per heavy atom. The molecule has 2 fully saturated rings. The summed E-state index contributed by atoms with van der Waals surface area (Å²) in [5.74, 6) is 0.805. The van der Waals surface area contributed by atoms with E-state index in [4.69, 9.17) is 10.8 Å². The van der Waals surface area contributed by atoms with Gasteiger partial charge in [-0.15, -0.1) is 0 Å². The fourth-order valence-electron chi connectivity index (χ4n) is 4.24. The monoisotopic (exact) mass is 296 g/mol. The van der Waals surface area contributed by atoms with Crippen LogP contribution in [0.25, 0.3) is 0 Å². The predicted octanol–water partition coefficient (Wildman–Crippen LogP) is 2.15. The topological polar surface area (TPSA) is 66.6 Å². The minimum Gasteiger partial charge on any atom is -0.396 e. The van der Waals surface area contributed by atoms with Crippen LogP contribution in [0.2, 0.25) is 0 Å². The van der Waals surface area contributed by atoms with Crippen molar-refractivity contribution in [2.24, 2.45) is 23.0 Å². The molecule has 0 aromatic heterocycles. The maximum Gasteiger partial charge on any atom is 0.226 e. The molecule has 3 N–H and O–H groups in total. The summed E-state index contributed by atoms with van der Waals surface area (Å²) in [6, 6.07) is 0.555. The Morgan fingerprint density at radius 1 is 1.33 bits per heavy atom. The first-order valence-corrected chi connectivity index (χ1v) is 8.56. The van der Waals surface area contributed by atoms with Crippen molar-refractivity contribution in [3.05, 3.63) is 0 Å². The molecule has 4 nitrogen and oxygen atoms in total. The van der Waals surface area contributed by atoms with Gasteiger partial charge in [0.05, 0.1) is 0 Å². The Balaban J connectivity index is 2.08. The normalized spacial score (nSPS) is 36.0. The van der Waals surface area contributed by atoms with Gasteiger partial charge in [-0.3, -0.25) is 4.79 Å². The van der Waals surface area contributed by atoms with E-state index in [2.05, 4.69) is 25.7 Å². The Kier molecular flexibility index (Phi) is 5.31. The largest absolute Gasteiger partial charge is 0.396 e. The summed E-state index contributed by atoms with van der Waals surface area (Å²) in [6.45, 7) is 7.72. The number of amides is 1. The van der Waals surface area contributed by atoms with Crippen LogP contribution in [0.3, 0.4) is 0 Å². The molecular weight excluding hydrogens is 264 g/mol. The number of carbonyl (C=O) groups is 1. The smallest absolute Gasteiger partial charge is 0.226 e. The average molecular weight is 296 g/mol. The minimum atomic E-state index is -0.0289. The van der Waals surface area contributed by atoms with Crippen molar-refractivity contribution < 1.29 is 9.90 Å². The molecule has 4 atom stereocenters. The molecular formula is C17H32N2O2. The Labute approximate surface area is 129 Å². The van der Waals surface area contributed by atoms with Crippen molar-refractivity contribution in [3.63, 3.8) is 0 Å². The lowest BCUT2D eigenvalue weighted by Gasteiger charge is -2.47. The summed E-state index contributed by atoms with van der Waals surface area (Å²) in [4.78, 5) is 15.2. The summed E-state index contributed by atoms with van der Waals surface area (Å²) in [7, 11) is 0. The minimum absolute atomic E-state index is 0.0289. The first kappa shape index (κ1) is 16.8. The lowest BCUT2D eigenvalue weighted by molar-refractivity contribution is -0.144. The van der Waals surface area contributed by atoms with Crippen molar-refractivity contribution in [1.82, 2.24) is 4.90 Å². The van der Waals surface area contributed by atoms with Crippen LogP contribution in [0, 0.1) is 17.3 Å². The summed E-state index contributed by atoms with van der Waals surface area (Å²) in [6.07, 6.45) is 5.79. The predicted molar refractivity (Wildman–Crippen MR) is 84.7 cm³/mol. The molecule has 1 saturated carbocycles. The standard InChI is InChI=1S/C17H32N2O2/c1-12-15(18)9-8-14(17(12,2)3)16(21)19-10-4-6-13(19)7-5-11-20/h12-15,20H,4-11,18H2,1-3H3. The number of rotatable bonds is 4. The maximum absolute atomic E-state index is 13.1. The molecule has 1 aliphatic heterocycles. The van der Waals surface area contributed by atoms with Gasteiger partial charge >= 0.3 is 0 Å². The van der Waals surface area contributed by atoms with Crippen LogP contribution in [-0.2, 0) is 4.79 Å². The van der Waals surface area contributed by atoms with E-state index in [1.807, 2.05) is 0 Å². The van der Waals surface area contributed by atoms with Crippen LogP contribution in [-0.4, -0.2) is 41.1 Å². The molecule has 0 spiro atoms. The van der Waals surface area contributed by atoms with E-state index in [0.717, 1.165) is 45.1 Å². The lowest BCUT2D eigenvalue weighted by Crippen LogP contribution is -2.53. The number of carbonyl (C=O) groups excluding carboxylic acids is 1. The van der Waals surface area contributed by atoms with E-state index in [-0.39, 0.29) is 24.0 Å². The zero-order valence-corrected chi connectivity index (χ0v) is 13.8. The number of nitrogens with two attached hydrogens (primary N) is 1. The number of aliphatic hydroxyl groups is 1. The fraction of sp³-hybridized carbons (Fsp3) is 0.941. The second kappa shape index (κ2) is 6.66. The highest BCUT2D eigenvalue weighted by molar-refractivity contribution is 5.80. The molecule has 0 bridgehead atoms. The molecule has 122 valence electrons. The molecule has 0 radical (unpaired) electrons. The van der Waals surface area contributed by atoms with Gasteiger partial charge < -0.3 is 15.7 Å². The summed E-state index contributed by atoms with van der Waals surface area (Å²) >= 11 is 0. The zero-order chi connectivity index (χ0) is 15.6. The molecule has 0 aromatic carbocycles. The first-order valence-electron chi connectivity index (χ1n) is 8.56. The van der Waals surface area contributed by atoms with Crippen molar-refractivity contribution in [2.75, 3.05) is 13.2 Å². The molecule has 1 amide bonds. The quantitative estimate of drug-likeness (QED) is 0.835. The number of hydrogen-bond acceptors (Lipinski definition) is 3. The SMILES string of the molecule is CC1C(N)CCC(C(=O)N2CCCC2CCCO)C1(C)C. The number of nitrogens with zero attached hydrogens (tertiary/aromatic N) is 1. The van der Waals surface area contributed by atoms with Gasteiger partial charge in [-0.2, -0.15) is 0 Å². The van der Waals surface area contributed by atoms with Gasteiger partial charge in [-0.05, 0) is 49.9 Å². The summed E-state index contributed by atoms with van der Waals surface area (Å²) in [5.41, 5.74) is 6.18. The second-order valence-electron chi connectivity index (χ2n) is 7.60. The van der Waals surface area contributed by atoms with E-state index in [1.54, 1.807) is 0 Å². The third kappa shape index (κ3) is 3.26. The zero-order valence-electron chi connectivity index (χ0n) is 13.8. The highest BCUT2D eigenvalue weighted by Crippen LogP contribution is 2.45. The van der Waals surface area contributed by atoms with Crippen molar-refractivity contribution in [1.29, 1.82) is 0 Å². The second-order valence-corrected chi connectivity index (χ2v) is 7.60. The maximum atomic E-state index is 13.1. The van der Waals surface area contributed by atoms with Crippen molar-refractivity contribution in [2.45, 2.75) is 71.4 Å². The van der Waals surface area contributed by atoms with Crippen LogP contribution in [0.1, 0.15) is 59.3 Å². The molecule has 4 heteroatoms. The third-order valence-corrected chi connectivity index (χ3v) is 6.16. The number of aliphatic hydroxyl groups excluding tert-OH is 1. The Bertz CT molecular complexity index is 370. The molecule has 0 aromatic rings. The third-order valence-electron chi connectivity index (χ3n) is 6.16. The fourth-order valence-corrected chi connectivity index (χ4v) is 4.24. The van der Waals surface area contributed by atoms with Gasteiger partial charge in [-0.1, -0.05) is 20.8 Å².